The average Bonchev–Trinajstić information content (AvgIpc) is 2.52. The molecule has 0 spiro atoms. The number of nitrogens with one attached hydrogen (secondary N) is 2. The summed E-state index contributed by atoms with van der Waals surface area (Å²) in [5.41, 5.74) is 9.65. The van der Waals surface area contributed by atoms with E-state index in [1.165, 1.54) is 17.2 Å². The maximum atomic E-state index is 13.7. The van der Waals surface area contributed by atoms with Crippen molar-refractivity contribution in [3.05, 3.63) is 71.0 Å². The average molecular weight is 300 g/mol. The summed E-state index contributed by atoms with van der Waals surface area (Å²) < 4.78 is 13.7. The van der Waals surface area contributed by atoms with Crippen molar-refractivity contribution in [2.75, 3.05) is 0 Å². The first-order chi connectivity index (χ1) is 10.5. The molecule has 2 aromatic rings. The maximum Gasteiger partial charge on any atom is 0.128 e. The molecule has 118 valence electrons. The Labute approximate surface area is 132 Å². The van der Waals surface area contributed by atoms with E-state index < -0.39 is 0 Å². The number of hydrazine groups is 1. The highest BCUT2D eigenvalue weighted by atomic mass is 19.1. The van der Waals surface area contributed by atoms with Crippen LogP contribution in [0.1, 0.15) is 62.4 Å². The molecular weight excluding hydrogens is 275 g/mol. The van der Waals surface area contributed by atoms with Gasteiger partial charge >= 0.3 is 0 Å². The zero-order valence-electron chi connectivity index (χ0n) is 13.7. The van der Waals surface area contributed by atoms with E-state index in [-0.39, 0.29) is 17.9 Å². The second kappa shape index (κ2) is 7.52. The number of rotatable bonds is 6. The first kappa shape index (κ1) is 16.7. The standard InChI is InChI=1S/C19H25FN2/c1-13(2)16-9-11-17(12-10-16)14(3)21-22-15(4)18-7-5-6-8-19(18)20/h5-15,21-22H,1-4H3. The molecule has 0 aliphatic rings. The topological polar surface area (TPSA) is 24.1 Å². The van der Waals surface area contributed by atoms with Crippen molar-refractivity contribution in [1.82, 2.24) is 10.9 Å². The lowest BCUT2D eigenvalue weighted by Crippen LogP contribution is -2.36. The summed E-state index contributed by atoms with van der Waals surface area (Å²) in [7, 11) is 0. The van der Waals surface area contributed by atoms with Crippen molar-refractivity contribution in [3.63, 3.8) is 0 Å². The van der Waals surface area contributed by atoms with Gasteiger partial charge in [0.1, 0.15) is 5.82 Å². The van der Waals surface area contributed by atoms with E-state index in [1.807, 2.05) is 13.0 Å². The van der Waals surface area contributed by atoms with Gasteiger partial charge in [-0.25, -0.2) is 9.82 Å². The molecule has 0 amide bonds. The van der Waals surface area contributed by atoms with Crippen LogP contribution in [-0.4, -0.2) is 0 Å². The first-order valence-corrected chi connectivity index (χ1v) is 7.84. The van der Waals surface area contributed by atoms with E-state index in [2.05, 4.69) is 55.9 Å². The fourth-order valence-corrected chi connectivity index (χ4v) is 2.41. The van der Waals surface area contributed by atoms with Crippen LogP contribution in [0.15, 0.2) is 48.5 Å². The van der Waals surface area contributed by atoms with Gasteiger partial charge in [0, 0.05) is 17.6 Å². The molecular formula is C19H25FN2. The molecule has 2 nitrogen and oxygen atoms in total. The zero-order valence-corrected chi connectivity index (χ0v) is 13.7. The molecule has 2 aromatic carbocycles. The molecule has 2 unspecified atom stereocenters. The lowest BCUT2D eigenvalue weighted by Gasteiger charge is -2.21. The number of hydrogen-bond donors (Lipinski definition) is 2. The van der Waals surface area contributed by atoms with Gasteiger partial charge in [-0.1, -0.05) is 56.3 Å². The van der Waals surface area contributed by atoms with Gasteiger partial charge in [-0.2, -0.15) is 0 Å². The Morgan fingerprint density at radius 2 is 1.27 bits per heavy atom. The molecule has 0 saturated carbocycles. The molecule has 22 heavy (non-hydrogen) atoms. The number of halogens is 1. The van der Waals surface area contributed by atoms with Crippen molar-refractivity contribution in [1.29, 1.82) is 0 Å². The van der Waals surface area contributed by atoms with Gasteiger partial charge in [-0.05, 0) is 37.0 Å². The third-order valence-corrected chi connectivity index (χ3v) is 3.99. The van der Waals surface area contributed by atoms with Gasteiger partial charge in [0.05, 0.1) is 0 Å². The molecule has 0 radical (unpaired) electrons. The van der Waals surface area contributed by atoms with Crippen molar-refractivity contribution >= 4 is 0 Å². The molecule has 0 aromatic heterocycles. The van der Waals surface area contributed by atoms with Crippen molar-refractivity contribution in [3.8, 4) is 0 Å². The Kier molecular flexibility index (Phi) is 5.69. The summed E-state index contributed by atoms with van der Waals surface area (Å²) in [4.78, 5) is 0. The van der Waals surface area contributed by atoms with Gasteiger partial charge in [0.2, 0.25) is 0 Å². The van der Waals surface area contributed by atoms with E-state index in [9.17, 15) is 4.39 Å². The minimum atomic E-state index is -0.182. The van der Waals surface area contributed by atoms with Crippen molar-refractivity contribution in [2.24, 2.45) is 0 Å². The number of benzene rings is 2. The van der Waals surface area contributed by atoms with Crippen molar-refractivity contribution < 1.29 is 4.39 Å². The quantitative estimate of drug-likeness (QED) is 0.744. The van der Waals surface area contributed by atoms with Crippen LogP contribution < -0.4 is 10.9 Å². The highest BCUT2D eigenvalue weighted by Gasteiger charge is 2.11. The predicted octanol–water partition coefficient (Wildman–Crippen LogP) is 4.87. The SMILES string of the molecule is CC(C)c1ccc(C(C)NNC(C)c2ccccc2F)cc1. The monoisotopic (exact) mass is 300 g/mol. The van der Waals surface area contributed by atoms with Crippen molar-refractivity contribution in [2.45, 2.75) is 45.7 Å². The third kappa shape index (κ3) is 4.15. The van der Waals surface area contributed by atoms with Gasteiger partial charge in [-0.15, -0.1) is 0 Å². The fourth-order valence-electron chi connectivity index (χ4n) is 2.41. The van der Waals surface area contributed by atoms with Crippen LogP contribution >= 0.6 is 0 Å². The summed E-state index contributed by atoms with van der Waals surface area (Å²) >= 11 is 0. The molecule has 0 aliphatic heterocycles. The van der Waals surface area contributed by atoms with E-state index in [1.54, 1.807) is 12.1 Å². The van der Waals surface area contributed by atoms with Gasteiger partial charge in [0.15, 0.2) is 0 Å². The summed E-state index contributed by atoms with van der Waals surface area (Å²) in [6.07, 6.45) is 0. The Bertz CT molecular complexity index is 593. The zero-order chi connectivity index (χ0) is 16.1. The van der Waals surface area contributed by atoms with Gasteiger partial charge < -0.3 is 0 Å². The van der Waals surface area contributed by atoms with Gasteiger partial charge in [0.25, 0.3) is 0 Å². The minimum Gasteiger partial charge on any atom is -0.250 e. The fraction of sp³-hybridized carbons (Fsp3) is 0.368. The third-order valence-electron chi connectivity index (χ3n) is 3.99. The molecule has 2 N–H and O–H groups in total. The van der Waals surface area contributed by atoms with Crippen LogP contribution in [0.4, 0.5) is 4.39 Å². The van der Waals surface area contributed by atoms with Crippen LogP contribution in [0.5, 0.6) is 0 Å². The molecule has 0 fully saturated rings. The second-order valence-electron chi connectivity index (χ2n) is 6.07. The Hall–Kier alpha value is -1.71. The van der Waals surface area contributed by atoms with Crippen LogP contribution in [0, 0.1) is 5.82 Å². The Morgan fingerprint density at radius 1 is 0.727 bits per heavy atom. The second-order valence-corrected chi connectivity index (χ2v) is 6.07. The van der Waals surface area contributed by atoms with E-state index in [0.717, 1.165) is 0 Å². The normalized spacial score (nSPS) is 14.1. The first-order valence-electron chi connectivity index (χ1n) is 7.84. The van der Waals surface area contributed by atoms with E-state index in [4.69, 9.17) is 0 Å². The van der Waals surface area contributed by atoms with E-state index in [0.29, 0.717) is 11.5 Å². The lowest BCUT2D eigenvalue weighted by atomic mass is 10.00. The highest BCUT2D eigenvalue weighted by Crippen LogP contribution is 2.19. The molecule has 0 saturated heterocycles. The smallest absolute Gasteiger partial charge is 0.128 e. The van der Waals surface area contributed by atoms with E-state index >= 15 is 0 Å². The van der Waals surface area contributed by atoms with Crippen LogP contribution in [0.25, 0.3) is 0 Å². The highest BCUT2D eigenvalue weighted by molar-refractivity contribution is 5.26. The van der Waals surface area contributed by atoms with Crippen LogP contribution in [-0.2, 0) is 0 Å². The molecule has 0 aliphatic carbocycles. The minimum absolute atomic E-state index is 0.0985. The molecule has 0 heterocycles. The summed E-state index contributed by atoms with van der Waals surface area (Å²) in [5.74, 6) is 0.356. The Morgan fingerprint density at radius 3 is 1.86 bits per heavy atom. The maximum absolute atomic E-state index is 13.7. The Balaban J connectivity index is 1.95. The summed E-state index contributed by atoms with van der Waals surface area (Å²) in [6, 6.07) is 15.5. The van der Waals surface area contributed by atoms with Gasteiger partial charge in [-0.3, -0.25) is 5.43 Å². The molecule has 2 atom stereocenters. The summed E-state index contributed by atoms with van der Waals surface area (Å²) in [5, 5.41) is 0. The molecule has 3 heteroatoms. The molecule has 0 bridgehead atoms. The van der Waals surface area contributed by atoms with Crippen LogP contribution in [0.2, 0.25) is 0 Å². The number of hydrogen-bond acceptors (Lipinski definition) is 2. The molecule has 2 rings (SSSR count). The summed E-state index contributed by atoms with van der Waals surface area (Å²) in [6.45, 7) is 8.41. The lowest BCUT2D eigenvalue weighted by molar-refractivity contribution is 0.402. The van der Waals surface area contributed by atoms with Crippen LogP contribution in [0.3, 0.4) is 0 Å². The predicted molar refractivity (Wildman–Crippen MR) is 90.0 cm³/mol. The largest absolute Gasteiger partial charge is 0.250 e.